The number of nitrogens with zero attached hydrogens (tertiary/aromatic N) is 2. The molecule has 2 N–H and O–H groups in total. The highest BCUT2D eigenvalue weighted by atomic mass is 35.5. The Balaban J connectivity index is 0.00000192. The van der Waals surface area contributed by atoms with E-state index in [2.05, 4.69) is 9.97 Å². The number of benzene rings is 1. The Hall–Kier alpha value is -1.92. The fourth-order valence-electron chi connectivity index (χ4n) is 3.04. The SMILES string of the molecule is Cl.O=C(O)C1CCCCN1CCc1nc2ccccc2c(=O)[nH]1. The highest BCUT2D eigenvalue weighted by Gasteiger charge is 2.27. The summed E-state index contributed by atoms with van der Waals surface area (Å²) in [5, 5.41) is 9.85. The maximum Gasteiger partial charge on any atom is 0.320 e. The molecule has 1 aromatic carbocycles. The first-order valence-electron chi connectivity index (χ1n) is 7.60. The Kier molecular flexibility index (Phi) is 5.74. The monoisotopic (exact) mass is 337 g/mol. The van der Waals surface area contributed by atoms with Crippen molar-refractivity contribution in [2.75, 3.05) is 13.1 Å². The van der Waals surface area contributed by atoms with Crippen molar-refractivity contribution in [3.63, 3.8) is 0 Å². The molecule has 2 aromatic rings. The van der Waals surface area contributed by atoms with Gasteiger partial charge >= 0.3 is 5.97 Å². The second-order valence-electron chi connectivity index (χ2n) is 5.67. The molecule has 3 rings (SSSR count). The molecule has 124 valence electrons. The van der Waals surface area contributed by atoms with Crippen molar-refractivity contribution in [3.8, 4) is 0 Å². The van der Waals surface area contributed by atoms with Crippen LogP contribution in [-0.4, -0.2) is 45.1 Å². The molecule has 6 nitrogen and oxygen atoms in total. The second-order valence-corrected chi connectivity index (χ2v) is 5.67. The largest absolute Gasteiger partial charge is 0.480 e. The molecule has 1 saturated heterocycles. The number of carbonyl (C=O) groups is 1. The van der Waals surface area contributed by atoms with Gasteiger partial charge < -0.3 is 10.1 Å². The highest BCUT2D eigenvalue weighted by molar-refractivity contribution is 5.85. The molecule has 1 atom stereocenters. The van der Waals surface area contributed by atoms with Crippen molar-refractivity contribution in [2.45, 2.75) is 31.7 Å². The first-order chi connectivity index (χ1) is 10.6. The van der Waals surface area contributed by atoms with Crippen LogP contribution in [0.5, 0.6) is 0 Å². The molecule has 1 aromatic heterocycles. The number of likely N-dealkylation sites (tertiary alicyclic amines) is 1. The smallest absolute Gasteiger partial charge is 0.320 e. The third kappa shape index (κ3) is 3.89. The number of aromatic nitrogens is 2. The number of para-hydroxylation sites is 1. The lowest BCUT2D eigenvalue weighted by atomic mass is 10.0. The van der Waals surface area contributed by atoms with Crippen LogP contribution in [0.25, 0.3) is 10.9 Å². The van der Waals surface area contributed by atoms with Crippen LogP contribution < -0.4 is 5.56 Å². The topological polar surface area (TPSA) is 86.3 Å². The van der Waals surface area contributed by atoms with Crippen LogP contribution in [0.4, 0.5) is 0 Å². The first kappa shape index (κ1) is 17.4. The summed E-state index contributed by atoms with van der Waals surface area (Å²) in [6, 6.07) is 6.81. The third-order valence-corrected chi connectivity index (χ3v) is 4.20. The molecule has 0 radical (unpaired) electrons. The number of carboxylic acids is 1. The van der Waals surface area contributed by atoms with Gasteiger partial charge in [0.05, 0.1) is 10.9 Å². The van der Waals surface area contributed by atoms with E-state index in [9.17, 15) is 14.7 Å². The minimum Gasteiger partial charge on any atom is -0.480 e. The normalized spacial score (nSPS) is 18.5. The van der Waals surface area contributed by atoms with E-state index in [1.165, 1.54) is 0 Å². The lowest BCUT2D eigenvalue weighted by Crippen LogP contribution is -2.45. The molecule has 1 fully saturated rings. The van der Waals surface area contributed by atoms with Crippen molar-refractivity contribution < 1.29 is 9.90 Å². The summed E-state index contributed by atoms with van der Waals surface area (Å²) < 4.78 is 0. The molecule has 2 heterocycles. The Morgan fingerprint density at radius 2 is 2.13 bits per heavy atom. The summed E-state index contributed by atoms with van der Waals surface area (Å²) in [6.45, 7) is 1.38. The van der Waals surface area contributed by atoms with Gasteiger partial charge in [0.2, 0.25) is 0 Å². The summed E-state index contributed by atoms with van der Waals surface area (Å²) >= 11 is 0. The van der Waals surface area contributed by atoms with Crippen LogP contribution in [0.3, 0.4) is 0 Å². The van der Waals surface area contributed by atoms with Gasteiger partial charge in [-0.1, -0.05) is 18.6 Å². The number of hydrogen-bond acceptors (Lipinski definition) is 4. The van der Waals surface area contributed by atoms with E-state index < -0.39 is 12.0 Å². The van der Waals surface area contributed by atoms with E-state index in [1.54, 1.807) is 6.07 Å². The zero-order valence-corrected chi connectivity index (χ0v) is 13.5. The van der Waals surface area contributed by atoms with Crippen molar-refractivity contribution >= 4 is 29.3 Å². The molecule has 7 heteroatoms. The van der Waals surface area contributed by atoms with Crippen LogP contribution >= 0.6 is 12.4 Å². The fraction of sp³-hybridized carbons (Fsp3) is 0.438. The number of rotatable bonds is 4. The number of carboxylic acid groups (broad SMARTS) is 1. The predicted molar refractivity (Wildman–Crippen MR) is 90.2 cm³/mol. The van der Waals surface area contributed by atoms with Crippen molar-refractivity contribution in [1.29, 1.82) is 0 Å². The molecule has 23 heavy (non-hydrogen) atoms. The van der Waals surface area contributed by atoms with Crippen LogP contribution in [0.1, 0.15) is 25.1 Å². The van der Waals surface area contributed by atoms with E-state index in [1.807, 2.05) is 23.1 Å². The number of aromatic amines is 1. The Bertz CT molecular complexity index is 747. The average molecular weight is 338 g/mol. The molecule has 0 saturated carbocycles. The number of halogens is 1. The Morgan fingerprint density at radius 3 is 2.91 bits per heavy atom. The minimum atomic E-state index is -0.764. The van der Waals surface area contributed by atoms with Gasteiger partial charge in [0.25, 0.3) is 5.56 Å². The summed E-state index contributed by atoms with van der Waals surface area (Å²) in [4.78, 5) is 32.5. The molecule has 0 bridgehead atoms. The zero-order valence-electron chi connectivity index (χ0n) is 12.7. The summed E-state index contributed by atoms with van der Waals surface area (Å²) in [6.07, 6.45) is 3.21. The molecule has 0 aliphatic carbocycles. The fourth-order valence-corrected chi connectivity index (χ4v) is 3.04. The van der Waals surface area contributed by atoms with E-state index in [4.69, 9.17) is 0 Å². The van der Waals surface area contributed by atoms with Crippen molar-refractivity contribution in [1.82, 2.24) is 14.9 Å². The molecule has 0 amide bonds. The predicted octanol–water partition coefficient (Wildman–Crippen LogP) is 1.83. The molecular formula is C16H20ClN3O3. The maximum absolute atomic E-state index is 12.0. The molecule has 1 unspecified atom stereocenters. The van der Waals surface area contributed by atoms with Gasteiger partial charge in [-0.05, 0) is 31.5 Å². The van der Waals surface area contributed by atoms with Crippen molar-refractivity contribution in [2.24, 2.45) is 0 Å². The number of H-pyrrole nitrogens is 1. The Morgan fingerprint density at radius 1 is 1.35 bits per heavy atom. The van der Waals surface area contributed by atoms with Gasteiger partial charge in [-0.2, -0.15) is 0 Å². The minimum absolute atomic E-state index is 0. The highest BCUT2D eigenvalue weighted by Crippen LogP contribution is 2.17. The van der Waals surface area contributed by atoms with Crippen LogP contribution in [0, 0.1) is 0 Å². The second kappa shape index (κ2) is 7.57. The molecular weight excluding hydrogens is 318 g/mol. The lowest BCUT2D eigenvalue weighted by Gasteiger charge is -2.32. The summed E-state index contributed by atoms with van der Waals surface area (Å²) in [5.41, 5.74) is 0.531. The summed E-state index contributed by atoms with van der Waals surface area (Å²) in [5.74, 6) is -0.155. The Labute approximate surface area is 139 Å². The van der Waals surface area contributed by atoms with E-state index in [0.29, 0.717) is 36.1 Å². The van der Waals surface area contributed by atoms with Gasteiger partial charge in [-0.25, -0.2) is 4.98 Å². The van der Waals surface area contributed by atoms with Crippen molar-refractivity contribution in [3.05, 3.63) is 40.4 Å². The molecule has 1 aliphatic rings. The molecule has 0 spiro atoms. The first-order valence-corrected chi connectivity index (χ1v) is 7.60. The van der Waals surface area contributed by atoms with Gasteiger partial charge in [-0.3, -0.25) is 14.5 Å². The number of hydrogen-bond donors (Lipinski definition) is 2. The van der Waals surface area contributed by atoms with Gasteiger partial charge in [0, 0.05) is 13.0 Å². The number of aliphatic carboxylic acids is 1. The average Bonchev–Trinajstić information content (AvgIpc) is 2.53. The summed E-state index contributed by atoms with van der Waals surface area (Å²) in [7, 11) is 0. The quantitative estimate of drug-likeness (QED) is 0.888. The van der Waals surface area contributed by atoms with Crippen LogP contribution in [0.2, 0.25) is 0 Å². The van der Waals surface area contributed by atoms with Crippen LogP contribution in [0.15, 0.2) is 29.1 Å². The number of fused-ring (bicyclic) bond motifs is 1. The van der Waals surface area contributed by atoms with E-state index >= 15 is 0 Å². The standard InChI is InChI=1S/C16H19N3O3.ClH/c20-15-11-5-1-2-6-12(11)17-14(18-15)8-10-19-9-4-3-7-13(19)16(21)22;/h1-2,5-6,13H,3-4,7-10H2,(H,21,22)(H,17,18,20);1H. The molecule has 1 aliphatic heterocycles. The van der Waals surface area contributed by atoms with Gasteiger partial charge in [-0.15, -0.1) is 12.4 Å². The van der Waals surface area contributed by atoms with Gasteiger partial charge in [0.1, 0.15) is 11.9 Å². The number of nitrogens with one attached hydrogen (secondary N) is 1. The van der Waals surface area contributed by atoms with E-state index in [0.717, 1.165) is 19.4 Å². The number of piperidine rings is 1. The zero-order chi connectivity index (χ0) is 15.5. The van der Waals surface area contributed by atoms with Gasteiger partial charge in [0.15, 0.2) is 0 Å². The van der Waals surface area contributed by atoms with E-state index in [-0.39, 0.29) is 18.0 Å². The van der Waals surface area contributed by atoms with Crippen LogP contribution in [-0.2, 0) is 11.2 Å². The lowest BCUT2D eigenvalue weighted by molar-refractivity contribution is -0.144. The maximum atomic E-state index is 12.0. The third-order valence-electron chi connectivity index (χ3n) is 4.20.